The summed E-state index contributed by atoms with van der Waals surface area (Å²) in [4.78, 5) is 37.5. The number of anilines is 1. The molecule has 0 aromatic heterocycles. The van der Waals surface area contributed by atoms with Crippen molar-refractivity contribution in [2.24, 2.45) is 0 Å². The van der Waals surface area contributed by atoms with Crippen LogP contribution in [0.5, 0.6) is 0 Å². The quantitative estimate of drug-likeness (QED) is 0.373. The van der Waals surface area contributed by atoms with Crippen LogP contribution in [-0.2, 0) is 19.6 Å². The van der Waals surface area contributed by atoms with Gasteiger partial charge >= 0.3 is 5.97 Å². The highest BCUT2D eigenvalue weighted by molar-refractivity contribution is 7.89. The number of ether oxygens (including phenoxy) is 1. The van der Waals surface area contributed by atoms with Gasteiger partial charge in [-0.2, -0.15) is 0 Å². The van der Waals surface area contributed by atoms with Gasteiger partial charge in [0.15, 0.2) is 12.4 Å². The van der Waals surface area contributed by atoms with Crippen LogP contribution in [0.25, 0.3) is 0 Å². The van der Waals surface area contributed by atoms with Gasteiger partial charge in [0.2, 0.25) is 10.0 Å². The minimum absolute atomic E-state index is 0.0187. The van der Waals surface area contributed by atoms with Crippen LogP contribution in [0, 0.1) is 0 Å². The molecule has 0 saturated carbocycles. The summed E-state index contributed by atoms with van der Waals surface area (Å²) in [5.41, 5.74) is 0.914. The SMILES string of the molecule is CN(C)S(=O)(=O)c1ccc(C(=O)OCC(=O)Nc2ccc(Cl)cc2C(=O)c2ccccc2)cc1. The summed E-state index contributed by atoms with van der Waals surface area (Å²) in [6.45, 7) is -0.613. The van der Waals surface area contributed by atoms with Crippen molar-refractivity contribution in [3.8, 4) is 0 Å². The molecule has 0 aliphatic heterocycles. The molecular weight excluding hydrogens is 480 g/mol. The molecule has 0 fully saturated rings. The predicted octanol–water partition coefficient (Wildman–Crippen LogP) is 3.62. The Balaban J connectivity index is 1.67. The van der Waals surface area contributed by atoms with Crippen LogP contribution in [0.4, 0.5) is 5.69 Å². The summed E-state index contributed by atoms with van der Waals surface area (Å²) in [6.07, 6.45) is 0. The number of carbonyl (C=O) groups is 3. The van der Waals surface area contributed by atoms with E-state index >= 15 is 0 Å². The van der Waals surface area contributed by atoms with Crippen molar-refractivity contribution in [3.05, 3.63) is 94.5 Å². The molecule has 10 heteroatoms. The van der Waals surface area contributed by atoms with Crippen LogP contribution in [0.15, 0.2) is 77.7 Å². The van der Waals surface area contributed by atoms with Gasteiger partial charge < -0.3 is 10.1 Å². The lowest BCUT2D eigenvalue weighted by Crippen LogP contribution is -2.23. The van der Waals surface area contributed by atoms with Crippen molar-refractivity contribution in [1.29, 1.82) is 0 Å². The minimum Gasteiger partial charge on any atom is -0.452 e. The highest BCUT2D eigenvalue weighted by Gasteiger charge is 2.19. The third-order valence-corrected chi connectivity index (χ3v) is 6.80. The van der Waals surface area contributed by atoms with Gasteiger partial charge in [0.25, 0.3) is 5.91 Å². The molecule has 34 heavy (non-hydrogen) atoms. The molecular formula is C24H21ClN2O6S. The minimum atomic E-state index is -3.63. The van der Waals surface area contributed by atoms with E-state index in [4.69, 9.17) is 16.3 Å². The Bertz CT molecular complexity index is 1320. The van der Waals surface area contributed by atoms with Crippen molar-refractivity contribution >= 4 is 45.0 Å². The smallest absolute Gasteiger partial charge is 0.338 e. The largest absolute Gasteiger partial charge is 0.452 e. The highest BCUT2D eigenvalue weighted by Crippen LogP contribution is 2.24. The lowest BCUT2D eigenvalue weighted by atomic mass is 10.0. The number of esters is 1. The second-order valence-corrected chi connectivity index (χ2v) is 9.91. The van der Waals surface area contributed by atoms with Gasteiger partial charge in [0, 0.05) is 30.2 Å². The fraction of sp³-hybridized carbons (Fsp3) is 0.125. The van der Waals surface area contributed by atoms with E-state index in [0.29, 0.717) is 10.6 Å². The molecule has 8 nitrogen and oxygen atoms in total. The molecule has 176 valence electrons. The van der Waals surface area contributed by atoms with Crippen LogP contribution in [-0.4, -0.2) is 51.1 Å². The number of carbonyl (C=O) groups excluding carboxylic acids is 3. The number of sulfonamides is 1. The lowest BCUT2D eigenvalue weighted by molar-refractivity contribution is -0.119. The van der Waals surface area contributed by atoms with E-state index in [-0.39, 0.29) is 27.5 Å². The summed E-state index contributed by atoms with van der Waals surface area (Å²) < 4.78 is 30.3. The number of ketones is 1. The molecule has 3 rings (SSSR count). The van der Waals surface area contributed by atoms with Crippen LogP contribution >= 0.6 is 11.6 Å². The normalized spacial score (nSPS) is 11.2. The molecule has 0 atom stereocenters. The fourth-order valence-electron chi connectivity index (χ4n) is 2.93. The maximum Gasteiger partial charge on any atom is 0.338 e. The number of rotatable bonds is 8. The standard InChI is InChI=1S/C24H21ClN2O6S/c1-27(2)34(31,32)19-11-8-17(9-12-19)24(30)33-15-22(28)26-21-13-10-18(25)14-20(21)23(29)16-6-4-3-5-7-16/h3-14H,15H2,1-2H3,(H,26,28). The molecule has 0 spiro atoms. The summed E-state index contributed by atoms with van der Waals surface area (Å²) >= 11 is 6.04. The summed E-state index contributed by atoms with van der Waals surface area (Å²) in [5, 5.41) is 2.88. The predicted molar refractivity (Wildman–Crippen MR) is 128 cm³/mol. The Morgan fingerprint density at radius 3 is 2.18 bits per heavy atom. The van der Waals surface area contributed by atoms with E-state index in [9.17, 15) is 22.8 Å². The number of nitrogens with zero attached hydrogens (tertiary/aromatic N) is 1. The van der Waals surface area contributed by atoms with E-state index in [2.05, 4.69) is 5.32 Å². The zero-order valence-electron chi connectivity index (χ0n) is 18.3. The van der Waals surface area contributed by atoms with E-state index in [1.807, 2.05) is 0 Å². The molecule has 3 aromatic carbocycles. The molecule has 0 bridgehead atoms. The monoisotopic (exact) mass is 500 g/mol. The van der Waals surface area contributed by atoms with Gasteiger partial charge in [-0.25, -0.2) is 17.5 Å². The molecule has 3 aromatic rings. The Morgan fingerprint density at radius 2 is 1.56 bits per heavy atom. The summed E-state index contributed by atoms with van der Waals surface area (Å²) in [5.74, 6) is -1.80. The van der Waals surface area contributed by atoms with Crippen LogP contribution in [0.3, 0.4) is 0 Å². The van der Waals surface area contributed by atoms with Crippen molar-refractivity contribution in [1.82, 2.24) is 4.31 Å². The van der Waals surface area contributed by atoms with Crippen molar-refractivity contribution in [2.45, 2.75) is 4.90 Å². The van der Waals surface area contributed by atoms with Crippen molar-refractivity contribution in [2.75, 3.05) is 26.0 Å². The third kappa shape index (κ3) is 5.88. The first-order chi connectivity index (χ1) is 16.1. The average Bonchev–Trinajstić information content (AvgIpc) is 2.83. The zero-order chi connectivity index (χ0) is 24.9. The molecule has 0 unspecified atom stereocenters. The van der Waals surface area contributed by atoms with Crippen LogP contribution in [0.2, 0.25) is 5.02 Å². The summed E-state index contributed by atoms with van der Waals surface area (Å²) in [6, 6.07) is 18.1. The lowest BCUT2D eigenvalue weighted by Gasteiger charge is -2.12. The maximum absolute atomic E-state index is 12.9. The molecule has 1 amide bonds. The Kier molecular flexibility index (Phi) is 7.83. The number of benzene rings is 3. The van der Waals surface area contributed by atoms with Gasteiger partial charge in [-0.15, -0.1) is 0 Å². The Labute approximate surface area is 202 Å². The van der Waals surface area contributed by atoms with Crippen molar-refractivity contribution in [3.63, 3.8) is 0 Å². The van der Waals surface area contributed by atoms with E-state index in [0.717, 1.165) is 4.31 Å². The number of amides is 1. The number of hydrogen-bond acceptors (Lipinski definition) is 6. The Morgan fingerprint density at radius 1 is 0.912 bits per heavy atom. The van der Waals surface area contributed by atoms with Gasteiger partial charge in [-0.3, -0.25) is 9.59 Å². The van der Waals surface area contributed by atoms with Gasteiger partial charge in [0.1, 0.15) is 0 Å². The fourth-order valence-corrected chi connectivity index (χ4v) is 4.01. The second-order valence-electron chi connectivity index (χ2n) is 7.32. The van der Waals surface area contributed by atoms with Gasteiger partial charge in [0.05, 0.1) is 16.1 Å². The van der Waals surface area contributed by atoms with Crippen molar-refractivity contribution < 1.29 is 27.5 Å². The number of hydrogen-bond donors (Lipinski definition) is 1. The topological polar surface area (TPSA) is 110 Å². The molecule has 0 aliphatic rings. The van der Waals surface area contributed by atoms with E-state index in [1.54, 1.807) is 30.3 Å². The molecule has 0 aliphatic carbocycles. The molecule has 0 radical (unpaired) electrons. The molecule has 0 saturated heterocycles. The molecule has 1 N–H and O–H groups in total. The van der Waals surface area contributed by atoms with Gasteiger partial charge in [-0.1, -0.05) is 41.9 Å². The first-order valence-corrected chi connectivity index (χ1v) is 11.8. The first-order valence-electron chi connectivity index (χ1n) is 9.98. The first kappa shape index (κ1) is 25.1. The Hall–Kier alpha value is -3.53. The average molecular weight is 501 g/mol. The number of halogens is 1. The second kappa shape index (κ2) is 10.6. The molecule has 0 heterocycles. The van der Waals surface area contributed by atoms with Crippen LogP contribution < -0.4 is 5.32 Å². The van der Waals surface area contributed by atoms with Crippen LogP contribution in [0.1, 0.15) is 26.3 Å². The number of nitrogens with one attached hydrogen (secondary N) is 1. The van der Waals surface area contributed by atoms with E-state index < -0.39 is 28.5 Å². The highest BCUT2D eigenvalue weighted by atomic mass is 35.5. The van der Waals surface area contributed by atoms with Gasteiger partial charge in [-0.05, 0) is 42.5 Å². The maximum atomic E-state index is 12.9. The van der Waals surface area contributed by atoms with E-state index in [1.165, 1.54) is 56.6 Å². The third-order valence-electron chi connectivity index (χ3n) is 4.74. The zero-order valence-corrected chi connectivity index (χ0v) is 19.9. The summed E-state index contributed by atoms with van der Waals surface area (Å²) in [7, 11) is -0.837.